The van der Waals surface area contributed by atoms with E-state index in [0.717, 1.165) is 63.1 Å². The number of piperidine rings is 1. The summed E-state index contributed by atoms with van der Waals surface area (Å²) < 4.78 is 0. The van der Waals surface area contributed by atoms with Gasteiger partial charge in [0.05, 0.1) is 0 Å². The second-order valence-corrected chi connectivity index (χ2v) is 7.02. The molecule has 0 atom stereocenters. The normalized spacial score (nSPS) is 18.7. The SMILES string of the molecule is Cc1cccc(NC(=O)N2CCC(CC(=O)N3CCCC3)CC2)c1. The summed E-state index contributed by atoms with van der Waals surface area (Å²) in [6.07, 6.45) is 4.77. The summed E-state index contributed by atoms with van der Waals surface area (Å²) >= 11 is 0. The van der Waals surface area contributed by atoms with Gasteiger partial charge < -0.3 is 15.1 Å². The first kappa shape index (κ1) is 16.8. The maximum Gasteiger partial charge on any atom is 0.321 e. The zero-order chi connectivity index (χ0) is 16.9. The van der Waals surface area contributed by atoms with Crippen LogP contribution in [0, 0.1) is 12.8 Å². The van der Waals surface area contributed by atoms with Crippen LogP contribution in [0.3, 0.4) is 0 Å². The van der Waals surface area contributed by atoms with Crippen LogP contribution in [0.1, 0.15) is 37.7 Å². The van der Waals surface area contributed by atoms with Crippen molar-refractivity contribution in [1.82, 2.24) is 9.80 Å². The molecule has 2 saturated heterocycles. The molecule has 0 radical (unpaired) electrons. The van der Waals surface area contributed by atoms with Gasteiger partial charge in [0.2, 0.25) is 5.91 Å². The number of hydrogen-bond acceptors (Lipinski definition) is 2. The number of likely N-dealkylation sites (tertiary alicyclic amines) is 2. The van der Waals surface area contributed by atoms with E-state index in [1.54, 1.807) is 0 Å². The molecule has 0 saturated carbocycles. The lowest BCUT2D eigenvalue weighted by Gasteiger charge is -2.32. The number of amides is 3. The molecule has 2 aliphatic heterocycles. The second-order valence-electron chi connectivity index (χ2n) is 7.02. The van der Waals surface area contributed by atoms with E-state index in [-0.39, 0.29) is 6.03 Å². The van der Waals surface area contributed by atoms with Crippen LogP contribution in [-0.4, -0.2) is 47.9 Å². The van der Waals surface area contributed by atoms with E-state index in [0.29, 0.717) is 18.2 Å². The molecule has 5 nitrogen and oxygen atoms in total. The van der Waals surface area contributed by atoms with Crippen molar-refractivity contribution < 1.29 is 9.59 Å². The number of aryl methyl sites for hydroxylation is 1. The molecule has 0 aromatic heterocycles. The highest BCUT2D eigenvalue weighted by Crippen LogP contribution is 2.23. The summed E-state index contributed by atoms with van der Waals surface area (Å²) in [6.45, 7) is 5.33. The number of hydrogen-bond donors (Lipinski definition) is 1. The zero-order valence-corrected chi connectivity index (χ0v) is 14.5. The molecule has 0 unspecified atom stereocenters. The average Bonchev–Trinajstić information content (AvgIpc) is 3.10. The van der Waals surface area contributed by atoms with Gasteiger partial charge in [-0.2, -0.15) is 0 Å². The van der Waals surface area contributed by atoms with Gasteiger partial charge in [0.1, 0.15) is 0 Å². The second kappa shape index (κ2) is 7.69. The lowest BCUT2D eigenvalue weighted by atomic mass is 9.93. The first-order valence-electron chi connectivity index (χ1n) is 9.02. The number of rotatable bonds is 3. The first-order chi connectivity index (χ1) is 11.6. The standard InChI is InChI=1S/C19H27N3O2/c1-15-5-4-6-17(13-15)20-19(24)22-11-7-16(8-12-22)14-18(23)21-9-2-3-10-21/h4-6,13,16H,2-3,7-12,14H2,1H3,(H,20,24). The van der Waals surface area contributed by atoms with Crippen molar-refractivity contribution in [3.8, 4) is 0 Å². The third-order valence-electron chi connectivity index (χ3n) is 5.09. The molecule has 2 heterocycles. The van der Waals surface area contributed by atoms with Crippen molar-refractivity contribution in [3.05, 3.63) is 29.8 Å². The number of carbonyl (C=O) groups excluding carboxylic acids is 2. The fourth-order valence-electron chi connectivity index (χ4n) is 3.61. The molecule has 0 spiro atoms. The number of urea groups is 1. The quantitative estimate of drug-likeness (QED) is 0.925. The predicted molar refractivity (Wildman–Crippen MR) is 94.9 cm³/mol. The van der Waals surface area contributed by atoms with E-state index in [9.17, 15) is 9.59 Å². The summed E-state index contributed by atoms with van der Waals surface area (Å²) in [6, 6.07) is 7.80. The van der Waals surface area contributed by atoms with Crippen LogP contribution >= 0.6 is 0 Å². The number of anilines is 1. The topological polar surface area (TPSA) is 52.7 Å². The van der Waals surface area contributed by atoms with Crippen LogP contribution in [0.15, 0.2) is 24.3 Å². The van der Waals surface area contributed by atoms with Gasteiger partial charge in [-0.3, -0.25) is 4.79 Å². The van der Waals surface area contributed by atoms with Gasteiger partial charge >= 0.3 is 6.03 Å². The Bertz CT molecular complexity index is 588. The summed E-state index contributed by atoms with van der Waals surface area (Å²) in [5, 5.41) is 2.96. The third-order valence-corrected chi connectivity index (χ3v) is 5.09. The Morgan fingerprint density at radius 3 is 2.46 bits per heavy atom. The highest BCUT2D eigenvalue weighted by Gasteiger charge is 2.27. The van der Waals surface area contributed by atoms with Gasteiger partial charge in [0.25, 0.3) is 0 Å². The molecular formula is C19H27N3O2. The van der Waals surface area contributed by atoms with Crippen LogP contribution in [0.4, 0.5) is 10.5 Å². The maximum atomic E-state index is 12.4. The Morgan fingerprint density at radius 1 is 1.08 bits per heavy atom. The number of nitrogens with zero attached hydrogens (tertiary/aromatic N) is 2. The highest BCUT2D eigenvalue weighted by molar-refractivity contribution is 5.89. The Morgan fingerprint density at radius 2 is 1.79 bits per heavy atom. The largest absolute Gasteiger partial charge is 0.343 e. The van der Waals surface area contributed by atoms with Gasteiger partial charge in [-0.1, -0.05) is 12.1 Å². The van der Waals surface area contributed by atoms with Crippen LogP contribution in [0.25, 0.3) is 0 Å². The molecule has 3 amide bonds. The minimum absolute atomic E-state index is 0.0371. The molecule has 1 N–H and O–H groups in total. The molecule has 3 rings (SSSR count). The lowest BCUT2D eigenvalue weighted by molar-refractivity contribution is -0.131. The Labute approximate surface area is 144 Å². The van der Waals surface area contributed by atoms with Crippen LogP contribution in [0.5, 0.6) is 0 Å². The summed E-state index contributed by atoms with van der Waals surface area (Å²) in [4.78, 5) is 28.4. The van der Waals surface area contributed by atoms with Crippen molar-refractivity contribution >= 4 is 17.6 Å². The van der Waals surface area contributed by atoms with Crippen molar-refractivity contribution in [2.45, 2.75) is 39.0 Å². The fourth-order valence-corrected chi connectivity index (χ4v) is 3.61. The van der Waals surface area contributed by atoms with Crippen molar-refractivity contribution in [2.24, 2.45) is 5.92 Å². The van der Waals surface area contributed by atoms with Gasteiger partial charge in [-0.25, -0.2) is 4.79 Å². The van der Waals surface area contributed by atoms with Gasteiger partial charge in [-0.15, -0.1) is 0 Å². The summed E-state index contributed by atoms with van der Waals surface area (Å²) in [7, 11) is 0. The minimum atomic E-state index is -0.0371. The van der Waals surface area contributed by atoms with E-state index in [1.165, 1.54) is 0 Å². The molecule has 2 fully saturated rings. The van der Waals surface area contributed by atoms with Crippen LogP contribution in [-0.2, 0) is 4.79 Å². The lowest BCUT2D eigenvalue weighted by Crippen LogP contribution is -2.42. The molecule has 130 valence electrons. The highest BCUT2D eigenvalue weighted by atomic mass is 16.2. The van der Waals surface area contributed by atoms with E-state index >= 15 is 0 Å². The van der Waals surface area contributed by atoms with Crippen molar-refractivity contribution in [1.29, 1.82) is 0 Å². The minimum Gasteiger partial charge on any atom is -0.343 e. The van der Waals surface area contributed by atoms with Crippen molar-refractivity contribution in [3.63, 3.8) is 0 Å². The third kappa shape index (κ3) is 4.28. The van der Waals surface area contributed by atoms with Crippen LogP contribution < -0.4 is 5.32 Å². The van der Waals surface area contributed by atoms with E-state index in [2.05, 4.69) is 5.32 Å². The molecule has 0 aliphatic carbocycles. The first-order valence-corrected chi connectivity index (χ1v) is 9.02. The van der Waals surface area contributed by atoms with Gasteiger partial charge in [-0.05, 0) is 56.2 Å². The number of carbonyl (C=O) groups is 2. The Kier molecular flexibility index (Phi) is 5.38. The number of nitrogens with one attached hydrogen (secondary N) is 1. The van der Waals surface area contributed by atoms with Crippen molar-refractivity contribution in [2.75, 3.05) is 31.5 Å². The average molecular weight is 329 g/mol. The molecule has 1 aromatic rings. The molecular weight excluding hydrogens is 302 g/mol. The number of benzene rings is 1. The Balaban J connectivity index is 1.44. The zero-order valence-electron chi connectivity index (χ0n) is 14.5. The Hall–Kier alpha value is -2.04. The van der Waals surface area contributed by atoms with Crippen LogP contribution in [0.2, 0.25) is 0 Å². The smallest absolute Gasteiger partial charge is 0.321 e. The van der Waals surface area contributed by atoms with Gasteiger partial charge in [0.15, 0.2) is 0 Å². The van der Waals surface area contributed by atoms with E-state index in [4.69, 9.17) is 0 Å². The summed E-state index contributed by atoms with van der Waals surface area (Å²) in [5.74, 6) is 0.719. The molecule has 5 heteroatoms. The van der Waals surface area contributed by atoms with E-state index < -0.39 is 0 Å². The maximum absolute atomic E-state index is 12.4. The molecule has 0 bridgehead atoms. The fraction of sp³-hybridized carbons (Fsp3) is 0.579. The van der Waals surface area contributed by atoms with E-state index in [1.807, 2.05) is 41.0 Å². The molecule has 1 aromatic carbocycles. The molecule has 2 aliphatic rings. The summed E-state index contributed by atoms with van der Waals surface area (Å²) in [5.41, 5.74) is 1.97. The van der Waals surface area contributed by atoms with Gasteiger partial charge in [0, 0.05) is 38.3 Å². The predicted octanol–water partition coefficient (Wildman–Crippen LogP) is 3.25. The molecule has 24 heavy (non-hydrogen) atoms. The monoisotopic (exact) mass is 329 g/mol.